The van der Waals surface area contributed by atoms with Crippen LogP contribution in [0.4, 0.5) is 0 Å². The normalized spacial score (nSPS) is 11.5. The summed E-state index contributed by atoms with van der Waals surface area (Å²) in [6, 6.07) is 18.9. The van der Waals surface area contributed by atoms with E-state index in [1.54, 1.807) is 0 Å². The molecule has 1 amide bonds. The van der Waals surface area contributed by atoms with Gasteiger partial charge in [-0.25, -0.2) is 0 Å². The molecule has 0 aliphatic carbocycles. The molecule has 0 saturated heterocycles. The van der Waals surface area contributed by atoms with Gasteiger partial charge in [-0.3, -0.25) is 4.79 Å². The number of methoxy groups -OCH3 is 1. The quantitative estimate of drug-likeness (QED) is 0.661. The van der Waals surface area contributed by atoms with Gasteiger partial charge in [0.25, 0.3) is 5.91 Å². The van der Waals surface area contributed by atoms with Gasteiger partial charge >= 0.3 is 0 Å². The number of benzene rings is 3. The van der Waals surface area contributed by atoms with Gasteiger partial charge in [-0.2, -0.15) is 5.26 Å². The summed E-state index contributed by atoms with van der Waals surface area (Å²) in [6.45, 7) is 1.69. The second-order valence-corrected chi connectivity index (χ2v) is 6.69. The highest BCUT2D eigenvalue weighted by Crippen LogP contribution is 2.36. The lowest BCUT2D eigenvalue weighted by Crippen LogP contribution is -2.31. The average molecular weight is 395 g/mol. The van der Waals surface area contributed by atoms with E-state index in [4.69, 9.17) is 26.3 Å². The SMILES string of the molecule is COc1cc(C#N)cc(Cl)c1OCC(=O)N[C@H](C)c1ccc2ccccc2c1. The first-order valence-corrected chi connectivity index (χ1v) is 9.08. The fourth-order valence-electron chi connectivity index (χ4n) is 2.91. The van der Waals surface area contributed by atoms with Crippen LogP contribution in [-0.2, 0) is 4.79 Å². The van der Waals surface area contributed by atoms with Gasteiger partial charge < -0.3 is 14.8 Å². The van der Waals surface area contributed by atoms with Crippen molar-refractivity contribution in [2.45, 2.75) is 13.0 Å². The predicted molar refractivity (Wildman–Crippen MR) is 109 cm³/mol. The molecule has 1 N–H and O–H groups in total. The van der Waals surface area contributed by atoms with Crippen molar-refractivity contribution in [1.29, 1.82) is 5.26 Å². The number of nitriles is 1. The maximum atomic E-state index is 12.3. The number of halogens is 1. The number of carbonyl (C=O) groups is 1. The number of nitrogens with one attached hydrogen (secondary N) is 1. The smallest absolute Gasteiger partial charge is 0.258 e. The average Bonchev–Trinajstić information content (AvgIpc) is 2.71. The summed E-state index contributed by atoms with van der Waals surface area (Å²) in [7, 11) is 1.45. The van der Waals surface area contributed by atoms with Crippen molar-refractivity contribution in [3.05, 3.63) is 70.7 Å². The van der Waals surface area contributed by atoms with Gasteiger partial charge in [0.15, 0.2) is 18.1 Å². The van der Waals surface area contributed by atoms with E-state index in [9.17, 15) is 4.79 Å². The molecule has 0 heterocycles. The van der Waals surface area contributed by atoms with E-state index < -0.39 is 0 Å². The molecule has 0 radical (unpaired) electrons. The van der Waals surface area contributed by atoms with Gasteiger partial charge in [-0.15, -0.1) is 0 Å². The zero-order valence-electron chi connectivity index (χ0n) is 15.5. The number of rotatable bonds is 6. The third kappa shape index (κ3) is 4.36. The minimum absolute atomic E-state index is 0.181. The number of amides is 1. The van der Waals surface area contributed by atoms with Crippen LogP contribution in [0, 0.1) is 11.3 Å². The van der Waals surface area contributed by atoms with Crippen molar-refractivity contribution >= 4 is 28.3 Å². The molecule has 0 spiro atoms. The summed E-state index contributed by atoms with van der Waals surface area (Å²) in [5.41, 5.74) is 1.35. The van der Waals surface area contributed by atoms with E-state index in [-0.39, 0.29) is 29.3 Å². The van der Waals surface area contributed by atoms with Crippen LogP contribution >= 0.6 is 11.6 Å². The van der Waals surface area contributed by atoms with Gasteiger partial charge in [0.1, 0.15) is 0 Å². The van der Waals surface area contributed by atoms with Crippen LogP contribution in [0.25, 0.3) is 10.8 Å². The number of ether oxygens (including phenoxy) is 2. The molecule has 0 aromatic heterocycles. The summed E-state index contributed by atoms with van der Waals surface area (Å²) < 4.78 is 10.7. The van der Waals surface area contributed by atoms with E-state index in [1.165, 1.54) is 19.2 Å². The van der Waals surface area contributed by atoms with E-state index in [0.717, 1.165) is 16.3 Å². The second kappa shape index (κ2) is 8.64. The molecule has 5 nitrogen and oxygen atoms in total. The molecule has 0 aliphatic heterocycles. The van der Waals surface area contributed by atoms with Crippen LogP contribution in [0.15, 0.2) is 54.6 Å². The summed E-state index contributed by atoms with van der Waals surface area (Å²) in [4.78, 5) is 12.3. The first-order chi connectivity index (χ1) is 13.5. The molecule has 0 aliphatic rings. The standard InChI is InChI=1S/C22H19ClN2O3/c1-14(17-8-7-16-5-3-4-6-18(16)11-17)25-21(26)13-28-22-19(23)9-15(12-24)10-20(22)27-2/h3-11,14H,13H2,1-2H3,(H,25,26)/t14-/m1/s1. The molecule has 3 rings (SSSR count). The van der Waals surface area contributed by atoms with Crippen LogP contribution in [0.2, 0.25) is 5.02 Å². The van der Waals surface area contributed by atoms with Gasteiger partial charge in [0.05, 0.1) is 29.8 Å². The third-order valence-electron chi connectivity index (χ3n) is 4.36. The molecule has 0 unspecified atom stereocenters. The zero-order chi connectivity index (χ0) is 20.1. The highest BCUT2D eigenvalue weighted by atomic mass is 35.5. The summed E-state index contributed by atoms with van der Waals surface area (Å²) >= 11 is 6.14. The highest BCUT2D eigenvalue weighted by molar-refractivity contribution is 6.32. The maximum Gasteiger partial charge on any atom is 0.258 e. The molecule has 142 valence electrons. The van der Waals surface area contributed by atoms with Crippen molar-refractivity contribution in [3.8, 4) is 17.6 Å². The maximum absolute atomic E-state index is 12.3. The van der Waals surface area contributed by atoms with Crippen LogP contribution in [0.1, 0.15) is 24.1 Å². The number of fused-ring (bicyclic) bond motifs is 1. The molecular weight excluding hydrogens is 376 g/mol. The molecular formula is C22H19ClN2O3. The first kappa shape index (κ1) is 19.5. The molecule has 3 aromatic rings. The van der Waals surface area contributed by atoms with Crippen LogP contribution < -0.4 is 14.8 Å². The fourth-order valence-corrected chi connectivity index (χ4v) is 3.17. The van der Waals surface area contributed by atoms with Crippen molar-refractivity contribution in [2.24, 2.45) is 0 Å². The Morgan fingerprint density at radius 3 is 2.64 bits per heavy atom. The highest BCUT2D eigenvalue weighted by Gasteiger charge is 2.15. The molecule has 0 fully saturated rings. The Balaban J connectivity index is 1.66. The molecule has 3 aromatic carbocycles. The fraction of sp³-hybridized carbons (Fsp3) is 0.182. The number of hydrogen-bond donors (Lipinski definition) is 1. The Labute approximate surface area is 168 Å². The first-order valence-electron chi connectivity index (χ1n) is 8.70. The van der Waals surface area contributed by atoms with E-state index in [2.05, 4.69) is 11.4 Å². The number of nitrogens with zero attached hydrogens (tertiary/aromatic N) is 1. The van der Waals surface area contributed by atoms with Gasteiger partial charge in [-0.1, -0.05) is 48.0 Å². The molecule has 6 heteroatoms. The Morgan fingerprint density at radius 1 is 1.18 bits per heavy atom. The summed E-state index contributed by atoms with van der Waals surface area (Å²) in [5.74, 6) is 0.249. The van der Waals surface area contributed by atoms with Crippen LogP contribution in [0.3, 0.4) is 0 Å². The monoisotopic (exact) mass is 394 g/mol. The van der Waals surface area contributed by atoms with E-state index >= 15 is 0 Å². The van der Waals surface area contributed by atoms with Crippen LogP contribution in [0.5, 0.6) is 11.5 Å². The summed E-state index contributed by atoms with van der Waals surface area (Å²) in [6.07, 6.45) is 0. The van der Waals surface area contributed by atoms with Crippen molar-refractivity contribution in [3.63, 3.8) is 0 Å². The van der Waals surface area contributed by atoms with Gasteiger partial charge in [0, 0.05) is 6.07 Å². The second-order valence-electron chi connectivity index (χ2n) is 6.29. The zero-order valence-corrected chi connectivity index (χ0v) is 16.3. The van der Waals surface area contributed by atoms with E-state index in [1.807, 2.05) is 49.4 Å². The Hall–Kier alpha value is -3.23. The topological polar surface area (TPSA) is 71.3 Å². The molecule has 1 atom stereocenters. The van der Waals surface area contributed by atoms with Gasteiger partial charge in [-0.05, 0) is 35.4 Å². The number of hydrogen-bond acceptors (Lipinski definition) is 4. The summed E-state index contributed by atoms with van der Waals surface area (Å²) in [5, 5.41) is 14.4. The molecule has 0 saturated carbocycles. The van der Waals surface area contributed by atoms with Crippen LogP contribution in [-0.4, -0.2) is 19.6 Å². The molecule has 0 bridgehead atoms. The largest absolute Gasteiger partial charge is 0.493 e. The minimum Gasteiger partial charge on any atom is -0.493 e. The van der Waals surface area contributed by atoms with Crippen molar-refractivity contribution < 1.29 is 14.3 Å². The van der Waals surface area contributed by atoms with E-state index in [0.29, 0.717) is 11.3 Å². The lowest BCUT2D eigenvalue weighted by Gasteiger charge is -2.16. The predicted octanol–water partition coefficient (Wildman–Crippen LogP) is 4.63. The Kier molecular flexibility index (Phi) is 6.03. The Morgan fingerprint density at radius 2 is 1.93 bits per heavy atom. The lowest BCUT2D eigenvalue weighted by atomic mass is 10.0. The lowest BCUT2D eigenvalue weighted by molar-refractivity contribution is -0.123. The molecule has 28 heavy (non-hydrogen) atoms. The third-order valence-corrected chi connectivity index (χ3v) is 4.64. The number of carbonyl (C=O) groups excluding carboxylic acids is 1. The minimum atomic E-state index is -0.289. The van der Waals surface area contributed by atoms with Crippen molar-refractivity contribution in [2.75, 3.05) is 13.7 Å². The van der Waals surface area contributed by atoms with Crippen molar-refractivity contribution in [1.82, 2.24) is 5.32 Å². The van der Waals surface area contributed by atoms with Gasteiger partial charge in [0.2, 0.25) is 0 Å². The Bertz CT molecular complexity index is 1060.